The lowest BCUT2D eigenvalue weighted by atomic mass is 9.92. The first kappa shape index (κ1) is 14.7. The molecule has 1 atom stereocenters. The molecule has 2 rings (SSSR count). The summed E-state index contributed by atoms with van der Waals surface area (Å²) < 4.78 is 28.6. The van der Waals surface area contributed by atoms with Crippen molar-refractivity contribution >= 4 is 0 Å². The minimum atomic E-state index is -0.490. The van der Waals surface area contributed by atoms with Crippen LogP contribution in [0.5, 0.6) is 0 Å². The molecular weight excluding hydrogens is 256 g/mol. The molecule has 0 aliphatic heterocycles. The van der Waals surface area contributed by atoms with Gasteiger partial charge in [-0.15, -0.1) is 0 Å². The molecule has 0 saturated carbocycles. The topological polar surface area (TPSA) is 12.0 Å². The van der Waals surface area contributed by atoms with E-state index in [0.717, 1.165) is 11.1 Å². The maximum Gasteiger partial charge on any atom is 0.131 e. The largest absolute Gasteiger partial charge is 0.309 e. The van der Waals surface area contributed by atoms with Gasteiger partial charge in [0.15, 0.2) is 0 Å². The van der Waals surface area contributed by atoms with E-state index in [2.05, 4.69) is 5.32 Å². The zero-order chi connectivity index (χ0) is 14.9. The molecule has 2 aromatic carbocycles. The van der Waals surface area contributed by atoms with E-state index >= 15 is 0 Å². The monoisotopic (exact) mass is 275 g/mol. The molecule has 0 spiro atoms. The number of rotatable bonds is 3. The Kier molecular flexibility index (Phi) is 4.19. The summed E-state index contributed by atoms with van der Waals surface area (Å²) in [5.41, 5.74) is 3.22. The van der Waals surface area contributed by atoms with E-state index in [1.165, 1.54) is 6.07 Å². The van der Waals surface area contributed by atoms with Crippen LogP contribution >= 0.6 is 0 Å². The Morgan fingerprint density at radius 2 is 1.70 bits per heavy atom. The maximum atomic E-state index is 14.3. The van der Waals surface area contributed by atoms with E-state index in [0.29, 0.717) is 16.7 Å². The van der Waals surface area contributed by atoms with Gasteiger partial charge in [-0.2, -0.15) is 0 Å². The van der Waals surface area contributed by atoms with Crippen LogP contribution in [0.4, 0.5) is 8.78 Å². The third kappa shape index (κ3) is 2.59. The summed E-state index contributed by atoms with van der Waals surface area (Å²) in [5, 5.41) is 3.02. The van der Waals surface area contributed by atoms with Crippen LogP contribution in [0.2, 0.25) is 0 Å². The SMILES string of the molecule is CNC(c1cccc(C)c1F)c1c(C)cc(C)cc1F. The number of nitrogens with one attached hydrogen (secondary N) is 1. The fourth-order valence-corrected chi connectivity index (χ4v) is 2.64. The van der Waals surface area contributed by atoms with Crippen molar-refractivity contribution in [3.8, 4) is 0 Å². The van der Waals surface area contributed by atoms with E-state index in [-0.39, 0.29) is 11.6 Å². The van der Waals surface area contributed by atoms with E-state index in [1.807, 2.05) is 19.9 Å². The number of benzene rings is 2. The maximum absolute atomic E-state index is 14.3. The van der Waals surface area contributed by atoms with Gasteiger partial charge in [0.2, 0.25) is 0 Å². The molecule has 0 aromatic heterocycles. The van der Waals surface area contributed by atoms with Gasteiger partial charge in [0.05, 0.1) is 6.04 Å². The molecule has 0 aliphatic rings. The van der Waals surface area contributed by atoms with Gasteiger partial charge in [-0.05, 0) is 50.6 Å². The van der Waals surface area contributed by atoms with Crippen LogP contribution in [-0.4, -0.2) is 7.05 Å². The normalized spacial score (nSPS) is 12.5. The van der Waals surface area contributed by atoms with Crippen LogP contribution in [0, 0.1) is 32.4 Å². The summed E-state index contributed by atoms with van der Waals surface area (Å²) in [6, 6.07) is 8.11. The molecule has 3 heteroatoms. The van der Waals surface area contributed by atoms with E-state index in [4.69, 9.17) is 0 Å². The summed E-state index contributed by atoms with van der Waals surface area (Å²) in [7, 11) is 1.71. The number of hydrogen-bond acceptors (Lipinski definition) is 1. The highest BCUT2D eigenvalue weighted by Gasteiger charge is 2.22. The Morgan fingerprint density at radius 1 is 1.00 bits per heavy atom. The van der Waals surface area contributed by atoms with Gasteiger partial charge >= 0.3 is 0 Å². The van der Waals surface area contributed by atoms with Crippen LogP contribution in [-0.2, 0) is 0 Å². The van der Waals surface area contributed by atoms with Crippen molar-refractivity contribution < 1.29 is 8.78 Å². The average Bonchev–Trinajstić information content (AvgIpc) is 2.37. The number of aryl methyl sites for hydroxylation is 3. The van der Waals surface area contributed by atoms with E-state index in [9.17, 15) is 8.78 Å². The fourth-order valence-electron chi connectivity index (χ4n) is 2.64. The van der Waals surface area contributed by atoms with Crippen LogP contribution < -0.4 is 5.32 Å². The average molecular weight is 275 g/mol. The van der Waals surface area contributed by atoms with Crippen molar-refractivity contribution in [3.63, 3.8) is 0 Å². The van der Waals surface area contributed by atoms with E-state index in [1.54, 1.807) is 32.2 Å². The lowest BCUT2D eigenvalue weighted by Crippen LogP contribution is -2.21. The molecule has 0 fully saturated rings. The highest BCUT2D eigenvalue weighted by atomic mass is 19.1. The van der Waals surface area contributed by atoms with Crippen molar-refractivity contribution in [1.82, 2.24) is 5.32 Å². The minimum absolute atomic E-state index is 0.286. The van der Waals surface area contributed by atoms with Gasteiger partial charge in [-0.1, -0.05) is 24.3 Å². The Labute approximate surface area is 118 Å². The first-order chi connectivity index (χ1) is 9.45. The first-order valence-electron chi connectivity index (χ1n) is 6.64. The predicted molar refractivity (Wildman–Crippen MR) is 77.9 cm³/mol. The molecule has 0 aliphatic carbocycles. The second-order valence-electron chi connectivity index (χ2n) is 5.18. The molecule has 1 N–H and O–H groups in total. The van der Waals surface area contributed by atoms with Gasteiger partial charge in [-0.3, -0.25) is 0 Å². The smallest absolute Gasteiger partial charge is 0.131 e. The summed E-state index contributed by atoms with van der Waals surface area (Å²) >= 11 is 0. The summed E-state index contributed by atoms with van der Waals surface area (Å²) in [5.74, 6) is -0.589. The highest BCUT2D eigenvalue weighted by molar-refractivity contribution is 5.41. The summed E-state index contributed by atoms with van der Waals surface area (Å²) in [4.78, 5) is 0. The van der Waals surface area contributed by atoms with Gasteiger partial charge in [0.25, 0.3) is 0 Å². The van der Waals surface area contributed by atoms with Gasteiger partial charge in [0.1, 0.15) is 11.6 Å². The number of halogens is 2. The molecule has 0 bridgehead atoms. The lowest BCUT2D eigenvalue weighted by molar-refractivity contribution is 0.541. The van der Waals surface area contributed by atoms with Crippen LogP contribution in [0.1, 0.15) is 33.9 Å². The molecule has 0 radical (unpaired) electrons. The van der Waals surface area contributed by atoms with Crippen LogP contribution in [0.3, 0.4) is 0 Å². The summed E-state index contributed by atoms with van der Waals surface area (Å²) in [6.07, 6.45) is 0. The zero-order valence-electron chi connectivity index (χ0n) is 12.2. The standard InChI is InChI=1S/C17H19F2N/c1-10-8-12(3)15(14(18)9-10)17(20-4)13-7-5-6-11(2)16(13)19/h5-9,17,20H,1-4H3. The van der Waals surface area contributed by atoms with E-state index < -0.39 is 6.04 Å². The molecule has 106 valence electrons. The molecule has 0 saturated heterocycles. The Bertz CT molecular complexity index is 612. The minimum Gasteiger partial charge on any atom is -0.309 e. The van der Waals surface area contributed by atoms with Crippen molar-refractivity contribution in [3.05, 3.63) is 69.8 Å². The Hall–Kier alpha value is -1.74. The van der Waals surface area contributed by atoms with Gasteiger partial charge in [-0.25, -0.2) is 8.78 Å². The molecule has 20 heavy (non-hydrogen) atoms. The molecule has 1 unspecified atom stereocenters. The predicted octanol–water partition coefficient (Wildman–Crippen LogP) is 4.20. The lowest BCUT2D eigenvalue weighted by Gasteiger charge is -2.21. The Balaban J connectivity index is 2.62. The number of hydrogen-bond donors (Lipinski definition) is 1. The molecular formula is C17H19F2N. The molecule has 2 aromatic rings. The summed E-state index contributed by atoms with van der Waals surface area (Å²) in [6.45, 7) is 5.41. The second kappa shape index (κ2) is 5.71. The van der Waals surface area contributed by atoms with Crippen molar-refractivity contribution in [2.45, 2.75) is 26.8 Å². The quantitative estimate of drug-likeness (QED) is 0.885. The first-order valence-corrected chi connectivity index (χ1v) is 6.64. The fraction of sp³-hybridized carbons (Fsp3) is 0.294. The molecule has 0 amide bonds. The van der Waals surface area contributed by atoms with Gasteiger partial charge in [0, 0.05) is 11.1 Å². The molecule has 1 nitrogen and oxygen atoms in total. The van der Waals surface area contributed by atoms with Crippen LogP contribution in [0.15, 0.2) is 30.3 Å². The second-order valence-corrected chi connectivity index (χ2v) is 5.18. The van der Waals surface area contributed by atoms with Gasteiger partial charge < -0.3 is 5.32 Å². The van der Waals surface area contributed by atoms with Crippen molar-refractivity contribution in [1.29, 1.82) is 0 Å². The van der Waals surface area contributed by atoms with Crippen molar-refractivity contribution in [2.24, 2.45) is 0 Å². The highest BCUT2D eigenvalue weighted by Crippen LogP contribution is 2.30. The Morgan fingerprint density at radius 3 is 2.30 bits per heavy atom. The third-order valence-corrected chi connectivity index (χ3v) is 3.59. The zero-order valence-corrected chi connectivity index (χ0v) is 12.2. The third-order valence-electron chi connectivity index (χ3n) is 3.59. The van der Waals surface area contributed by atoms with Crippen molar-refractivity contribution in [2.75, 3.05) is 7.05 Å². The molecule has 0 heterocycles. The van der Waals surface area contributed by atoms with Crippen LogP contribution in [0.25, 0.3) is 0 Å².